The van der Waals surface area contributed by atoms with Gasteiger partial charge in [-0.3, -0.25) is 0 Å². The van der Waals surface area contributed by atoms with Gasteiger partial charge in [0.2, 0.25) is 0 Å². The van der Waals surface area contributed by atoms with Crippen LogP contribution in [-0.4, -0.2) is 4.98 Å². The Morgan fingerprint density at radius 1 is 0.342 bits per heavy atom. The van der Waals surface area contributed by atoms with Crippen LogP contribution in [0.4, 0.5) is 0 Å². The van der Waals surface area contributed by atoms with Crippen molar-refractivity contribution in [1.29, 1.82) is 0 Å². The molecular weight excluding hydrogens is 458 g/mol. The number of benzene rings is 7. The van der Waals surface area contributed by atoms with E-state index >= 15 is 0 Å². The lowest BCUT2D eigenvalue weighted by Gasteiger charge is -2.13. The van der Waals surface area contributed by atoms with Crippen LogP contribution in [0.15, 0.2) is 127 Å². The van der Waals surface area contributed by atoms with E-state index in [0.717, 1.165) is 16.8 Å². The number of aromatic nitrogens is 1. The molecule has 0 atom stereocenters. The van der Waals surface area contributed by atoms with Gasteiger partial charge < -0.3 is 0 Å². The summed E-state index contributed by atoms with van der Waals surface area (Å²) in [6.45, 7) is 0. The summed E-state index contributed by atoms with van der Waals surface area (Å²) in [5, 5.41) is 9.18. The Bertz CT molecular complexity index is 2160. The van der Waals surface area contributed by atoms with Gasteiger partial charge in [0.25, 0.3) is 0 Å². The Balaban J connectivity index is 1.17. The predicted molar refractivity (Wildman–Crippen MR) is 161 cm³/mol. The molecule has 0 aliphatic heterocycles. The van der Waals surface area contributed by atoms with Crippen molar-refractivity contribution in [2.24, 2.45) is 0 Å². The highest BCUT2D eigenvalue weighted by Gasteiger charge is 2.22. The zero-order valence-electron chi connectivity index (χ0n) is 20.6. The summed E-state index contributed by atoms with van der Waals surface area (Å²) in [6, 6.07) is 46.5. The van der Waals surface area contributed by atoms with Crippen molar-refractivity contribution in [3.8, 4) is 44.6 Å². The third kappa shape index (κ3) is 2.68. The van der Waals surface area contributed by atoms with Crippen molar-refractivity contribution in [1.82, 2.24) is 4.98 Å². The normalized spacial score (nSPS) is 12.2. The molecule has 0 spiro atoms. The first-order chi connectivity index (χ1) is 18.8. The maximum Gasteiger partial charge on any atom is 0.0722 e. The maximum absolute atomic E-state index is 5.09. The van der Waals surface area contributed by atoms with Crippen LogP contribution < -0.4 is 0 Å². The van der Waals surface area contributed by atoms with Crippen molar-refractivity contribution in [3.63, 3.8) is 0 Å². The summed E-state index contributed by atoms with van der Waals surface area (Å²) < 4.78 is 0. The second-order valence-electron chi connectivity index (χ2n) is 10.4. The van der Waals surface area contributed by atoms with Gasteiger partial charge in [0.1, 0.15) is 0 Å². The molecule has 1 aliphatic rings. The quantitative estimate of drug-likeness (QED) is 0.225. The van der Waals surface area contributed by atoms with Crippen molar-refractivity contribution in [2.45, 2.75) is 0 Å². The zero-order valence-corrected chi connectivity index (χ0v) is 20.6. The van der Waals surface area contributed by atoms with Gasteiger partial charge in [-0.1, -0.05) is 103 Å². The van der Waals surface area contributed by atoms with Crippen molar-refractivity contribution >= 4 is 43.2 Å². The van der Waals surface area contributed by atoms with Gasteiger partial charge in [-0.05, 0) is 90.0 Å². The zero-order chi connectivity index (χ0) is 24.8. The summed E-state index contributed by atoms with van der Waals surface area (Å²) in [5.41, 5.74) is 10.8. The SMILES string of the molecule is c1ccc2c(c1)-c1cccc3nc(-c4ccc(-c5cc6ccc7cccc8ccc(c5)c6c78)cc4)cc-2c13. The molecular formula is C37H21N. The fraction of sp³-hybridized carbons (Fsp3) is 0. The van der Waals surface area contributed by atoms with Gasteiger partial charge in [0.15, 0.2) is 0 Å². The minimum absolute atomic E-state index is 1.02. The molecule has 0 amide bonds. The summed E-state index contributed by atoms with van der Waals surface area (Å²) in [5.74, 6) is 0. The molecule has 0 fully saturated rings. The van der Waals surface area contributed by atoms with Crippen LogP contribution in [-0.2, 0) is 0 Å². The Kier molecular flexibility index (Phi) is 3.85. The maximum atomic E-state index is 5.09. The molecule has 0 N–H and O–H groups in total. The molecule has 9 rings (SSSR count). The van der Waals surface area contributed by atoms with E-state index in [1.165, 1.54) is 71.1 Å². The highest BCUT2D eigenvalue weighted by atomic mass is 14.7. The van der Waals surface area contributed by atoms with Gasteiger partial charge in [-0.2, -0.15) is 0 Å². The minimum atomic E-state index is 1.02. The first kappa shape index (κ1) is 20.1. The van der Waals surface area contributed by atoms with Crippen molar-refractivity contribution in [3.05, 3.63) is 127 Å². The third-order valence-electron chi connectivity index (χ3n) is 8.32. The van der Waals surface area contributed by atoms with Crippen molar-refractivity contribution < 1.29 is 0 Å². The summed E-state index contributed by atoms with van der Waals surface area (Å²) >= 11 is 0. The van der Waals surface area contributed by atoms with Crippen LogP contribution in [0, 0.1) is 0 Å². The van der Waals surface area contributed by atoms with Crippen LogP contribution >= 0.6 is 0 Å². The molecule has 7 aromatic carbocycles. The fourth-order valence-electron chi connectivity index (χ4n) is 6.58. The van der Waals surface area contributed by atoms with E-state index in [9.17, 15) is 0 Å². The predicted octanol–water partition coefficient (Wildman–Crippen LogP) is 10.1. The molecule has 0 saturated heterocycles. The first-order valence-electron chi connectivity index (χ1n) is 13.1. The number of hydrogen-bond donors (Lipinski definition) is 0. The van der Waals surface area contributed by atoms with Gasteiger partial charge in [-0.15, -0.1) is 0 Å². The second-order valence-corrected chi connectivity index (χ2v) is 10.4. The molecule has 0 bridgehead atoms. The molecule has 8 aromatic rings. The molecule has 1 aromatic heterocycles. The van der Waals surface area contributed by atoms with Crippen molar-refractivity contribution in [2.75, 3.05) is 0 Å². The first-order valence-corrected chi connectivity index (χ1v) is 13.1. The van der Waals surface area contributed by atoms with E-state index in [1.54, 1.807) is 0 Å². The van der Waals surface area contributed by atoms with E-state index in [4.69, 9.17) is 4.98 Å². The van der Waals surface area contributed by atoms with Gasteiger partial charge in [0, 0.05) is 10.9 Å². The molecule has 38 heavy (non-hydrogen) atoms. The minimum Gasteiger partial charge on any atom is -0.248 e. The molecule has 174 valence electrons. The summed E-state index contributed by atoms with van der Waals surface area (Å²) in [4.78, 5) is 5.09. The average Bonchev–Trinajstić information content (AvgIpc) is 3.31. The topological polar surface area (TPSA) is 12.9 Å². The lowest BCUT2D eigenvalue weighted by Crippen LogP contribution is -1.88. The van der Waals surface area contributed by atoms with Gasteiger partial charge in [0.05, 0.1) is 11.2 Å². The van der Waals surface area contributed by atoms with E-state index in [1.807, 2.05) is 0 Å². The van der Waals surface area contributed by atoms with Crippen LogP contribution in [0.5, 0.6) is 0 Å². The van der Waals surface area contributed by atoms with Crippen LogP contribution in [0.2, 0.25) is 0 Å². The summed E-state index contributed by atoms with van der Waals surface area (Å²) in [7, 11) is 0. The lowest BCUT2D eigenvalue weighted by molar-refractivity contribution is 1.40. The molecule has 1 nitrogen and oxygen atoms in total. The molecule has 1 heteroatoms. The molecule has 0 unspecified atom stereocenters. The van der Waals surface area contributed by atoms with Crippen LogP contribution in [0.1, 0.15) is 0 Å². The third-order valence-corrected chi connectivity index (χ3v) is 8.32. The number of nitrogens with zero attached hydrogens (tertiary/aromatic N) is 1. The molecule has 1 aliphatic carbocycles. The van der Waals surface area contributed by atoms with Gasteiger partial charge >= 0.3 is 0 Å². The van der Waals surface area contributed by atoms with Gasteiger partial charge in [-0.25, -0.2) is 4.98 Å². The highest BCUT2D eigenvalue weighted by molar-refractivity contribution is 6.23. The monoisotopic (exact) mass is 479 g/mol. The highest BCUT2D eigenvalue weighted by Crippen LogP contribution is 2.47. The Morgan fingerprint density at radius 3 is 1.66 bits per heavy atom. The Morgan fingerprint density at radius 2 is 0.921 bits per heavy atom. The lowest BCUT2D eigenvalue weighted by atomic mass is 9.91. The van der Waals surface area contributed by atoms with Crippen LogP contribution in [0.3, 0.4) is 0 Å². The number of pyridine rings is 1. The second kappa shape index (κ2) is 7.27. The van der Waals surface area contributed by atoms with E-state index < -0.39 is 0 Å². The number of rotatable bonds is 2. The number of hydrogen-bond acceptors (Lipinski definition) is 1. The molecule has 0 saturated carbocycles. The standard InChI is InChI=1S/C37H21N/c1-2-8-30-29(7-1)31-9-4-10-33-37(31)32(30)21-34(38-33)23-13-11-22(12-14-23)28-19-26-17-15-24-5-3-6-25-16-18-27(20-28)36(26)35(24)25/h1-21H. The number of fused-ring (bicyclic) bond motifs is 3. The average molecular weight is 480 g/mol. The Hall–Kier alpha value is -5.01. The van der Waals surface area contributed by atoms with E-state index in [0.29, 0.717) is 0 Å². The Labute approximate surface area is 220 Å². The largest absolute Gasteiger partial charge is 0.248 e. The fourth-order valence-corrected chi connectivity index (χ4v) is 6.58. The van der Waals surface area contributed by atoms with E-state index in [2.05, 4.69) is 127 Å². The van der Waals surface area contributed by atoms with E-state index in [-0.39, 0.29) is 0 Å². The van der Waals surface area contributed by atoms with Crippen LogP contribution in [0.25, 0.3) is 87.9 Å². The smallest absolute Gasteiger partial charge is 0.0722 e. The molecule has 1 heterocycles. The molecule has 0 radical (unpaired) electrons. The summed E-state index contributed by atoms with van der Waals surface area (Å²) in [6.07, 6.45) is 0.